The summed E-state index contributed by atoms with van der Waals surface area (Å²) < 4.78 is 5.26. The van der Waals surface area contributed by atoms with Gasteiger partial charge in [-0.1, -0.05) is 38.4 Å². The second kappa shape index (κ2) is 7.43. The Morgan fingerprint density at radius 1 is 1.45 bits per heavy atom. The molecule has 112 valence electrons. The zero-order chi connectivity index (χ0) is 15.3. The third-order valence-corrected chi connectivity index (χ3v) is 4.54. The van der Waals surface area contributed by atoms with Crippen LogP contribution in [0.15, 0.2) is 18.2 Å². The van der Waals surface area contributed by atoms with E-state index < -0.39 is 0 Å². The Bertz CT molecular complexity index is 472. The minimum Gasteiger partial charge on any atom is -0.496 e. The molecule has 0 spiro atoms. The molecule has 0 heterocycles. The SMILES string of the molecule is COc1cccc(Cl)c1C(=O)CC(C)(C)CC(C)CP. The van der Waals surface area contributed by atoms with Crippen LogP contribution >= 0.6 is 20.8 Å². The number of hydrogen-bond acceptors (Lipinski definition) is 2. The van der Waals surface area contributed by atoms with Gasteiger partial charge in [-0.15, -0.1) is 9.24 Å². The van der Waals surface area contributed by atoms with E-state index in [4.69, 9.17) is 16.3 Å². The molecule has 0 bridgehead atoms. The molecule has 0 aliphatic rings. The molecule has 1 rings (SSSR count). The fourth-order valence-electron chi connectivity index (χ4n) is 2.57. The van der Waals surface area contributed by atoms with Gasteiger partial charge in [-0.25, -0.2) is 0 Å². The monoisotopic (exact) mass is 314 g/mol. The lowest BCUT2D eigenvalue weighted by Crippen LogP contribution is -2.21. The zero-order valence-corrected chi connectivity index (χ0v) is 14.6. The molecule has 1 aromatic carbocycles. The molecule has 2 atom stereocenters. The molecule has 0 saturated heterocycles. The quantitative estimate of drug-likeness (QED) is 0.531. The smallest absolute Gasteiger partial charge is 0.168 e. The lowest BCUT2D eigenvalue weighted by molar-refractivity contribution is 0.0915. The topological polar surface area (TPSA) is 26.3 Å². The van der Waals surface area contributed by atoms with Crippen molar-refractivity contribution < 1.29 is 9.53 Å². The third kappa shape index (κ3) is 4.75. The fraction of sp³-hybridized carbons (Fsp3) is 0.562. The van der Waals surface area contributed by atoms with Crippen molar-refractivity contribution in [3.8, 4) is 5.75 Å². The Morgan fingerprint density at radius 3 is 2.65 bits per heavy atom. The van der Waals surface area contributed by atoms with Gasteiger partial charge in [0.1, 0.15) is 5.75 Å². The number of Topliss-reactive ketones (excluding diaryl/α,β-unsaturated/α-hetero) is 1. The standard InChI is InChI=1S/C16H24ClO2P/c1-11(10-20)8-16(2,3)9-13(18)15-12(17)6-5-7-14(15)19-4/h5-7,11H,8-10,20H2,1-4H3. The average Bonchev–Trinajstić information content (AvgIpc) is 2.36. The summed E-state index contributed by atoms with van der Waals surface area (Å²) in [5.41, 5.74) is 0.459. The van der Waals surface area contributed by atoms with Gasteiger partial charge in [-0.2, -0.15) is 0 Å². The summed E-state index contributed by atoms with van der Waals surface area (Å²) in [5, 5.41) is 0.462. The number of hydrogen-bond donors (Lipinski definition) is 0. The second-order valence-corrected chi connectivity index (χ2v) is 7.00. The van der Waals surface area contributed by atoms with Crippen LogP contribution in [0.3, 0.4) is 0 Å². The van der Waals surface area contributed by atoms with Crippen LogP contribution in [-0.2, 0) is 0 Å². The van der Waals surface area contributed by atoms with Crippen molar-refractivity contribution in [2.45, 2.75) is 33.6 Å². The van der Waals surface area contributed by atoms with E-state index in [0.29, 0.717) is 28.7 Å². The Morgan fingerprint density at radius 2 is 2.10 bits per heavy atom. The molecule has 0 aliphatic carbocycles. The number of benzene rings is 1. The van der Waals surface area contributed by atoms with E-state index in [1.165, 1.54) is 0 Å². The molecule has 20 heavy (non-hydrogen) atoms. The Hall–Kier alpha value is -0.590. The number of ether oxygens (including phenoxy) is 1. The molecular weight excluding hydrogens is 291 g/mol. The van der Waals surface area contributed by atoms with Gasteiger partial charge in [0.05, 0.1) is 17.7 Å². The van der Waals surface area contributed by atoms with Crippen molar-refractivity contribution >= 4 is 26.6 Å². The second-order valence-electron chi connectivity index (χ2n) is 6.13. The van der Waals surface area contributed by atoms with E-state index in [1.54, 1.807) is 25.3 Å². The maximum atomic E-state index is 12.6. The van der Waals surface area contributed by atoms with Crippen molar-refractivity contribution in [2.24, 2.45) is 11.3 Å². The number of halogens is 1. The third-order valence-electron chi connectivity index (χ3n) is 3.42. The fourth-order valence-corrected chi connectivity index (χ4v) is 3.00. The van der Waals surface area contributed by atoms with Crippen molar-refractivity contribution in [2.75, 3.05) is 13.3 Å². The van der Waals surface area contributed by atoms with Crippen LogP contribution in [0.2, 0.25) is 5.02 Å². The van der Waals surface area contributed by atoms with Gasteiger partial charge in [-0.3, -0.25) is 4.79 Å². The van der Waals surface area contributed by atoms with Crippen LogP contribution < -0.4 is 4.74 Å². The Labute approximate surface area is 129 Å². The van der Waals surface area contributed by atoms with Gasteiger partial charge in [0, 0.05) is 6.42 Å². The number of carbonyl (C=O) groups excluding carboxylic acids is 1. The largest absolute Gasteiger partial charge is 0.496 e. The van der Waals surface area contributed by atoms with Gasteiger partial charge in [0.2, 0.25) is 0 Å². The minimum absolute atomic E-state index is 0.0444. The summed E-state index contributed by atoms with van der Waals surface area (Å²) in [4.78, 5) is 12.6. The maximum Gasteiger partial charge on any atom is 0.168 e. The number of rotatable bonds is 7. The van der Waals surface area contributed by atoms with Crippen LogP contribution in [0.25, 0.3) is 0 Å². The highest BCUT2D eigenvalue weighted by molar-refractivity contribution is 7.16. The molecule has 0 fully saturated rings. The normalized spacial score (nSPS) is 13.1. The van der Waals surface area contributed by atoms with Crippen LogP contribution in [-0.4, -0.2) is 19.1 Å². The van der Waals surface area contributed by atoms with E-state index in [2.05, 4.69) is 30.0 Å². The first-order chi connectivity index (χ1) is 9.30. The highest BCUT2D eigenvalue weighted by atomic mass is 35.5. The summed E-state index contributed by atoms with van der Waals surface area (Å²) in [6.45, 7) is 6.46. The number of methoxy groups -OCH3 is 1. The first-order valence-corrected chi connectivity index (χ1v) is 8.06. The zero-order valence-electron chi connectivity index (χ0n) is 12.7. The van der Waals surface area contributed by atoms with Gasteiger partial charge < -0.3 is 4.74 Å². The lowest BCUT2D eigenvalue weighted by Gasteiger charge is -2.27. The lowest BCUT2D eigenvalue weighted by atomic mass is 9.79. The molecule has 0 saturated carbocycles. The van der Waals surface area contributed by atoms with Gasteiger partial charge >= 0.3 is 0 Å². The first-order valence-electron chi connectivity index (χ1n) is 6.86. The van der Waals surface area contributed by atoms with Crippen molar-refractivity contribution in [3.05, 3.63) is 28.8 Å². The van der Waals surface area contributed by atoms with Crippen LogP contribution in [0.1, 0.15) is 44.0 Å². The minimum atomic E-state index is -0.0444. The predicted molar refractivity (Wildman–Crippen MR) is 89.1 cm³/mol. The van der Waals surface area contributed by atoms with Gasteiger partial charge in [0.25, 0.3) is 0 Å². The molecule has 2 unspecified atom stereocenters. The molecule has 0 aromatic heterocycles. The Balaban J connectivity index is 2.91. The summed E-state index contributed by atoms with van der Waals surface area (Å²) in [5.74, 6) is 1.18. The molecule has 0 aliphatic heterocycles. The van der Waals surface area contributed by atoms with Crippen LogP contribution in [0.4, 0.5) is 0 Å². The van der Waals surface area contributed by atoms with E-state index in [-0.39, 0.29) is 11.2 Å². The van der Waals surface area contributed by atoms with Crippen molar-refractivity contribution in [1.29, 1.82) is 0 Å². The number of ketones is 1. The molecule has 0 N–H and O–H groups in total. The van der Waals surface area contributed by atoms with Crippen molar-refractivity contribution in [3.63, 3.8) is 0 Å². The highest BCUT2D eigenvalue weighted by Gasteiger charge is 2.27. The number of carbonyl (C=O) groups is 1. The summed E-state index contributed by atoms with van der Waals surface area (Å²) in [6.07, 6.45) is 2.53. The van der Waals surface area contributed by atoms with Crippen LogP contribution in [0.5, 0.6) is 5.75 Å². The summed E-state index contributed by atoms with van der Waals surface area (Å²) in [7, 11) is 4.32. The van der Waals surface area contributed by atoms with E-state index in [9.17, 15) is 4.79 Å². The molecular formula is C16H24ClO2P. The highest BCUT2D eigenvalue weighted by Crippen LogP contribution is 2.35. The van der Waals surface area contributed by atoms with Gasteiger partial charge in [0.15, 0.2) is 5.78 Å². The Kier molecular flexibility index (Phi) is 6.48. The van der Waals surface area contributed by atoms with Crippen LogP contribution in [0, 0.1) is 11.3 Å². The summed E-state index contributed by atoms with van der Waals surface area (Å²) in [6, 6.07) is 5.30. The first kappa shape index (κ1) is 17.5. The molecule has 1 aromatic rings. The molecule has 4 heteroatoms. The van der Waals surface area contributed by atoms with Gasteiger partial charge in [-0.05, 0) is 36.0 Å². The van der Waals surface area contributed by atoms with Crippen molar-refractivity contribution in [1.82, 2.24) is 0 Å². The molecule has 2 nitrogen and oxygen atoms in total. The van der Waals surface area contributed by atoms with E-state index in [1.807, 2.05) is 0 Å². The molecule has 0 radical (unpaired) electrons. The van der Waals surface area contributed by atoms with E-state index in [0.717, 1.165) is 12.6 Å². The average molecular weight is 315 g/mol. The summed E-state index contributed by atoms with van der Waals surface area (Å²) >= 11 is 6.16. The van der Waals surface area contributed by atoms with E-state index >= 15 is 0 Å². The maximum absolute atomic E-state index is 12.6. The predicted octanol–water partition coefficient (Wildman–Crippen LogP) is 4.85. The molecule has 0 amide bonds.